The van der Waals surface area contributed by atoms with Crippen molar-refractivity contribution in [3.05, 3.63) is 212 Å². The van der Waals surface area contributed by atoms with Crippen LogP contribution in [0.15, 0.2) is 151 Å². The van der Waals surface area contributed by atoms with E-state index < -0.39 is 128 Å². The molecular formula is C80H88F18N8O7. The molecule has 6 aromatic carbocycles. The molecule has 4 heterocycles. The summed E-state index contributed by atoms with van der Waals surface area (Å²) in [5.74, 6) is -0.316. The highest BCUT2D eigenvalue weighted by molar-refractivity contribution is 6.02. The van der Waals surface area contributed by atoms with Crippen molar-refractivity contribution < 1.29 is 112 Å². The molecule has 113 heavy (non-hydrogen) atoms. The van der Waals surface area contributed by atoms with Crippen LogP contribution in [0.4, 0.5) is 83.8 Å². The topological polar surface area (TPSA) is 190 Å². The Balaban J connectivity index is 0.000000182. The lowest BCUT2D eigenvalue weighted by Gasteiger charge is -2.44. The Morgan fingerprint density at radius 2 is 0.814 bits per heavy atom. The Labute approximate surface area is 640 Å². The second-order valence-electron chi connectivity index (χ2n) is 30.8. The number of nitrogens with one attached hydrogen (secondary N) is 5. The maximum atomic E-state index is 13.4. The van der Waals surface area contributed by atoms with Gasteiger partial charge in [-0.1, -0.05) is 91.0 Å². The van der Waals surface area contributed by atoms with E-state index in [1.54, 1.807) is 32.0 Å². The molecule has 1 spiro atoms. The molecule has 2 saturated carbocycles. The zero-order valence-electron chi connectivity index (χ0n) is 62.3. The summed E-state index contributed by atoms with van der Waals surface area (Å²) >= 11 is 0. The highest BCUT2D eigenvalue weighted by atomic mass is 19.4. The molecular weight excluding hydrogens is 1530 g/mol. The normalized spacial score (nSPS) is 23.9. The number of alkyl halides is 18. The summed E-state index contributed by atoms with van der Waals surface area (Å²) in [4.78, 5) is 44.2. The predicted octanol–water partition coefficient (Wildman–Crippen LogP) is 17.9. The van der Waals surface area contributed by atoms with E-state index >= 15 is 0 Å². The first kappa shape index (κ1) is 87.1. The van der Waals surface area contributed by atoms with Gasteiger partial charge in [0.05, 0.1) is 101 Å². The second kappa shape index (κ2) is 33.5. The minimum Gasteiger partial charge on any atom is -0.444 e. The molecule has 0 aromatic heterocycles. The van der Waals surface area contributed by atoms with E-state index in [9.17, 15) is 93.4 Å². The predicted molar refractivity (Wildman–Crippen MR) is 381 cm³/mol. The number of alkyl carbamates (subject to hydrolysis) is 1. The molecule has 3 saturated heterocycles. The summed E-state index contributed by atoms with van der Waals surface area (Å²) in [6, 6.07) is 31.9. The molecule has 7 N–H and O–H groups in total. The summed E-state index contributed by atoms with van der Waals surface area (Å²) in [7, 11) is 0. The van der Waals surface area contributed by atoms with Crippen LogP contribution in [0.5, 0.6) is 0 Å². The fourth-order valence-corrected chi connectivity index (χ4v) is 14.1. The Hall–Kier alpha value is -8.34. The number of nitrogens with zero attached hydrogens (tertiary/aromatic N) is 2. The summed E-state index contributed by atoms with van der Waals surface area (Å²) in [5.41, 5.74) is -4.81. The van der Waals surface area contributed by atoms with Crippen molar-refractivity contribution in [2.75, 3.05) is 39.5 Å². The van der Waals surface area contributed by atoms with Crippen molar-refractivity contribution in [1.29, 1.82) is 0 Å². The Bertz CT molecular complexity index is 4180. The van der Waals surface area contributed by atoms with Crippen molar-refractivity contribution in [3.63, 3.8) is 0 Å². The standard InChI is InChI=1S/C31H37F6N3O4.C27H27F6N3O2.C22H24F6N2O/c1-19(20-14-22(30(32,33)34)16-23(15-20)31(35,36)37)43-18-29(21-8-6-5-7-9-21)11-10-24(17-38-29)39-25(41)28(12-13-28)40-26(42)44-27(2,3)4;1-17(18-11-20(26(28,29)30)13-21(12-18)27(31,32)33)38-15-25(19-5-3-2-4-6-19)8-7-22(14-34-25)36-16-35-24(9-10-24)23(36)37;1-14(15-9-17(21(23,24)25)11-18(10-15)22(26,27)28)31-13-20(8-7-19(29)12-30-20)16-5-3-2-4-6-16/h5-9,14-16,19,24,38H,10-13,17-18H2,1-4H3,(H,39,41)(H,40,42);2-6,11-13,16-17,22,34H,7-10,14-15H2,1H3;2-6,9-11,14,19,30H,7-8,12-13,29H2,1H3/t19-,24+,29-;17-,22+,25-;14-,19+,20-/m111/s1. The van der Waals surface area contributed by atoms with Gasteiger partial charge in [0, 0.05) is 31.7 Å². The van der Waals surface area contributed by atoms with Crippen molar-refractivity contribution in [1.82, 2.24) is 31.5 Å². The first-order chi connectivity index (χ1) is 52.6. The maximum absolute atomic E-state index is 13.4. The van der Waals surface area contributed by atoms with E-state index in [0.717, 1.165) is 29.5 Å². The van der Waals surface area contributed by atoms with E-state index in [-0.39, 0.29) is 84.6 Å². The third kappa shape index (κ3) is 21.8. The Kier molecular flexibility index (Phi) is 25.8. The number of piperidine rings is 3. The number of aliphatic imine (C=N–C) groups is 1. The van der Waals surface area contributed by atoms with Crippen LogP contribution >= 0.6 is 0 Å². The number of amides is 3. The van der Waals surface area contributed by atoms with Crippen LogP contribution in [-0.4, -0.2) is 103 Å². The molecule has 0 radical (unpaired) electrons. The maximum Gasteiger partial charge on any atom is 0.416 e. The lowest BCUT2D eigenvalue weighted by Crippen LogP contribution is -2.59. The quantitative estimate of drug-likeness (QED) is 0.0423. The third-order valence-electron chi connectivity index (χ3n) is 21.2. The van der Waals surface area contributed by atoms with Crippen molar-refractivity contribution in [3.8, 4) is 0 Å². The molecule has 3 amide bonds. The fraction of sp³-hybridized carbons (Fsp3) is 0.500. The average molecular weight is 1620 g/mol. The van der Waals surface area contributed by atoms with Crippen molar-refractivity contribution in [2.45, 2.75) is 213 Å². The third-order valence-corrected chi connectivity index (χ3v) is 21.2. The van der Waals surface area contributed by atoms with Crippen LogP contribution in [0, 0.1) is 0 Å². The van der Waals surface area contributed by atoms with Gasteiger partial charge in [-0.25, -0.2) is 4.79 Å². The number of ether oxygens (including phenoxy) is 4. The Morgan fingerprint density at radius 3 is 1.09 bits per heavy atom. The number of hydrogen-bond donors (Lipinski definition) is 6. The van der Waals surface area contributed by atoms with Gasteiger partial charge in [0.1, 0.15) is 16.7 Å². The number of halogens is 18. The molecule has 9 atom stereocenters. The summed E-state index contributed by atoms with van der Waals surface area (Å²) < 4.78 is 263. The zero-order chi connectivity index (χ0) is 82.8. The molecule has 33 heteroatoms. The second-order valence-corrected chi connectivity index (χ2v) is 30.8. The highest BCUT2D eigenvalue weighted by Gasteiger charge is 2.57. The Morgan fingerprint density at radius 1 is 0.478 bits per heavy atom. The zero-order valence-corrected chi connectivity index (χ0v) is 62.3. The molecule has 0 bridgehead atoms. The molecule has 4 aliphatic heterocycles. The molecule has 616 valence electrons. The minimum absolute atomic E-state index is 0.00592. The van der Waals surface area contributed by atoms with Crippen LogP contribution in [0.1, 0.15) is 191 Å². The van der Waals surface area contributed by atoms with Gasteiger partial charge >= 0.3 is 43.2 Å². The fourth-order valence-electron chi connectivity index (χ4n) is 14.1. The van der Waals surface area contributed by atoms with Gasteiger partial charge in [-0.2, -0.15) is 79.0 Å². The van der Waals surface area contributed by atoms with E-state index in [2.05, 4.69) is 31.6 Å². The van der Waals surface area contributed by atoms with Gasteiger partial charge in [-0.05, 0) is 194 Å². The van der Waals surface area contributed by atoms with Crippen molar-refractivity contribution >= 4 is 24.2 Å². The lowest BCUT2D eigenvalue weighted by atomic mass is 9.81. The smallest absolute Gasteiger partial charge is 0.416 e. The van der Waals surface area contributed by atoms with E-state index in [0.29, 0.717) is 107 Å². The molecule has 15 nitrogen and oxygen atoms in total. The van der Waals surface area contributed by atoms with Crippen LogP contribution in [0.3, 0.4) is 0 Å². The van der Waals surface area contributed by atoms with Crippen LogP contribution < -0.4 is 32.3 Å². The van der Waals surface area contributed by atoms with Crippen LogP contribution in [0.2, 0.25) is 0 Å². The summed E-state index contributed by atoms with van der Waals surface area (Å²) in [6.45, 7) is 10.8. The van der Waals surface area contributed by atoms with Gasteiger partial charge in [0.25, 0.3) is 5.91 Å². The number of nitrogens with two attached hydrogens (primary N) is 1. The largest absolute Gasteiger partial charge is 0.444 e. The lowest BCUT2D eigenvalue weighted by molar-refractivity contribution is -0.145. The van der Waals surface area contributed by atoms with Crippen LogP contribution in [-0.2, 0) is 82.2 Å². The summed E-state index contributed by atoms with van der Waals surface area (Å²) in [6.07, 6.45) is -25.9. The molecule has 0 unspecified atom stereocenters. The molecule has 12 rings (SSSR count). The summed E-state index contributed by atoms with van der Waals surface area (Å²) in [5, 5.41) is 15.9. The number of carbonyl (C=O) groups is 3. The number of hydrogen-bond acceptors (Lipinski definition) is 12. The minimum atomic E-state index is -4.97. The van der Waals surface area contributed by atoms with Gasteiger partial charge in [0.2, 0.25) is 5.91 Å². The van der Waals surface area contributed by atoms with Crippen molar-refractivity contribution in [2.24, 2.45) is 10.7 Å². The average Bonchev–Trinajstić information content (AvgIpc) is 1.69. The number of benzene rings is 6. The van der Waals surface area contributed by atoms with Gasteiger partial charge in [-0.15, -0.1) is 0 Å². The molecule has 6 aromatic rings. The van der Waals surface area contributed by atoms with E-state index in [1.807, 2.05) is 91.0 Å². The van der Waals surface area contributed by atoms with Crippen LogP contribution in [0.25, 0.3) is 0 Å². The molecule has 2 aliphatic carbocycles. The van der Waals surface area contributed by atoms with E-state index in [4.69, 9.17) is 24.7 Å². The first-order valence-electron chi connectivity index (χ1n) is 36.7. The number of rotatable bonds is 19. The molecule has 6 aliphatic rings. The highest BCUT2D eigenvalue weighted by Crippen LogP contribution is 2.48. The van der Waals surface area contributed by atoms with E-state index in [1.165, 1.54) is 20.8 Å². The van der Waals surface area contributed by atoms with Gasteiger partial charge < -0.3 is 51.3 Å². The van der Waals surface area contributed by atoms with Gasteiger partial charge in [0.15, 0.2) is 0 Å². The molecule has 5 fully saturated rings. The monoisotopic (exact) mass is 1610 g/mol. The van der Waals surface area contributed by atoms with Gasteiger partial charge in [-0.3, -0.25) is 19.5 Å². The number of carbonyl (C=O) groups excluding carboxylic acids is 3. The first-order valence-corrected chi connectivity index (χ1v) is 36.7. The SMILES string of the molecule is C[C@@H](OC[C@@]1(c2ccccc2)CC[C@H](N)CN1)c1cc(C(F)(F)F)cc(C(F)(F)F)c1.C[C@@H](OC[C@@]1(c2ccccc2)CC[C@H](N2C=NC3(CC3)C2=O)CN1)c1cc(C(F)(F)F)cc(C(F)(F)F)c1.C[C@@H](OC[C@@]1(c2ccccc2)CC[C@H](NC(=O)C2(NC(=O)OC(C)(C)C)CC2)CN1)c1cc(C(F)(F)F)cc(C(F)(F)F)c1.